The number of hydrogen-bond acceptors (Lipinski definition) is 2. The van der Waals surface area contributed by atoms with Crippen LogP contribution >= 0.6 is 11.6 Å². The van der Waals surface area contributed by atoms with E-state index in [2.05, 4.69) is 11.4 Å². The first-order chi connectivity index (χ1) is 11.1. The smallest absolute Gasteiger partial charge is 0.308 e. The average Bonchev–Trinajstić information content (AvgIpc) is 3.42. The van der Waals surface area contributed by atoms with Gasteiger partial charge in [-0.3, -0.25) is 9.59 Å². The van der Waals surface area contributed by atoms with E-state index in [1.54, 1.807) is 0 Å². The number of carboxylic acid groups (broad SMARTS) is 1. The van der Waals surface area contributed by atoms with Gasteiger partial charge in [-0.05, 0) is 41.9 Å². The first-order valence-electron chi connectivity index (χ1n) is 8.34. The monoisotopic (exact) mass is 333 g/mol. The largest absolute Gasteiger partial charge is 0.481 e. The van der Waals surface area contributed by atoms with E-state index in [1.165, 1.54) is 11.1 Å². The summed E-state index contributed by atoms with van der Waals surface area (Å²) < 4.78 is 0. The Bertz CT molecular complexity index is 670. The Morgan fingerprint density at radius 1 is 1.35 bits per heavy atom. The number of carbonyl (C=O) groups is 2. The van der Waals surface area contributed by atoms with Crippen LogP contribution in [0.15, 0.2) is 18.2 Å². The minimum absolute atomic E-state index is 0.00339. The molecular formula is C18H20ClNO3. The second-order valence-corrected chi connectivity index (χ2v) is 7.59. The molecule has 1 aromatic carbocycles. The lowest BCUT2D eigenvalue weighted by Crippen LogP contribution is -2.35. The molecule has 0 aliphatic heterocycles. The average molecular weight is 334 g/mol. The zero-order valence-electron chi connectivity index (χ0n) is 12.8. The van der Waals surface area contributed by atoms with Gasteiger partial charge in [0.25, 0.3) is 0 Å². The van der Waals surface area contributed by atoms with Crippen LogP contribution in [-0.4, -0.2) is 23.5 Å². The molecule has 4 nitrogen and oxygen atoms in total. The lowest BCUT2D eigenvalue weighted by atomic mass is 10.0. The summed E-state index contributed by atoms with van der Waals surface area (Å²) in [6.45, 7) is 0.253. The lowest BCUT2D eigenvalue weighted by molar-refractivity contribution is -0.142. The van der Waals surface area contributed by atoms with Crippen molar-refractivity contribution < 1.29 is 14.7 Å². The highest BCUT2D eigenvalue weighted by Gasteiger charge is 2.59. The summed E-state index contributed by atoms with van der Waals surface area (Å²) in [5.74, 6) is -0.0876. The molecule has 1 amide bonds. The minimum atomic E-state index is -0.801. The number of halogens is 1. The molecule has 4 atom stereocenters. The van der Waals surface area contributed by atoms with Gasteiger partial charge in [0.1, 0.15) is 0 Å². The van der Waals surface area contributed by atoms with Crippen molar-refractivity contribution >= 4 is 23.5 Å². The van der Waals surface area contributed by atoms with Crippen LogP contribution in [0, 0.1) is 23.7 Å². The van der Waals surface area contributed by atoms with Gasteiger partial charge in [0.05, 0.1) is 5.92 Å². The fourth-order valence-electron chi connectivity index (χ4n) is 4.12. The zero-order chi connectivity index (χ0) is 16.1. The third-order valence-corrected chi connectivity index (χ3v) is 5.97. The molecule has 23 heavy (non-hydrogen) atoms. The maximum Gasteiger partial charge on any atom is 0.308 e. The van der Waals surface area contributed by atoms with Crippen molar-refractivity contribution in [2.45, 2.75) is 31.6 Å². The van der Waals surface area contributed by atoms with E-state index in [0.29, 0.717) is 18.3 Å². The first kappa shape index (κ1) is 15.0. The number of fused-ring (bicyclic) bond motifs is 3. The highest BCUT2D eigenvalue weighted by atomic mass is 35.5. The van der Waals surface area contributed by atoms with Gasteiger partial charge in [0.2, 0.25) is 5.91 Å². The summed E-state index contributed by atoms with van der Waals surface area (Å²) in [6.07, 6.45) is 3.80. The third kappa shape index (κ3) is 2.74. The Labute approximate surface area is 140 Å². The minimum Gasteiger partial charge on any atom is -0.481 e. The molecule has 0 heterocycles. The van der Waals surface area contributed by atoms with Crippen LogP contribution in [-0.2, 0) is 16.0 Å². The number of aliphatic carboxylic acids is 1. The highest BCUT2D eigenvalue weighted by molar-refractivity contribution is 6.31. The predicted molar refractivity (Wildman–Crippen MR) is 86.4 cm³/mol. The Morgan fingerprint density at radius 3 is 2.83 bits per heavy atom. The van der Waals surface area contributed by atoms with Crippen LogP contribution in [0.1, 0.15) is 36.3 Å². The fourth-order valence-corrected chi connectivity index (χ4v) is 4.38. The number of rotatable bonds is 6. The predicted octanol–water partition coefficient (Wildman–Crippen LogP) is 2.84. The van der Waals surface area contributed by atoms with Crippen molar-refractivity contribution in [3.05, 3.63) is 34.3 Å². The number of carbonyl (C=O) groups excluding carboxylic acids is 1. The maximum atomic E-state index is 12.4. The second-order valence-electron chi connectivity index (χ2n) is 7.19. The summed E-state index contributed by atoms with van der Waals surface area (Å²) in [5, 5.41) is 12.9. The van der Waals surface area contributed by atoms with Crippen molar-refractivity contribution in [3.8, 4) is 0 Å². The van der Waals surface area contributed by atoms with Crippen LogP contribution in [0.2, 0.25) is 5.02 Å². The molecule has 5 heteroatoms. The molecule has 4 rings (SSSR count). The van der Waals surface area contributed by atoms with E-state index in [-0.39, 0.29) is 24.3 Å². The van der Waals surface area contributed by atoms with E-state index in [1.807, 2.05) is 12.1 Å². The van der Waals surface area contributed by atoms with E-state index in [9.17, 15) is 14.7 Å². The molecule has 0 saturated heterocycles. The molecule has 4 unspecified atom stereocenters. The molecule has 2 fully saturated rings. The molecule has 0 aromatic heterocycles. The van der Waals surface area contributed by atoms with Crippen molar-refractivity contribution in [2.75, 3.05) is 6.54 Å². The molecule has 0 bridgehead atoms. The SMILES string of the molecule is O=C(O)C(CNC(=O)C1C2Cc3c(Cl)cccc3C21)CC1CC1. The topological polar surface area (TPSA) is 66.4 Å². The standard InChI is InChI=1S/C18H20ClNO3/c19-14-3-1-2-11-12(14)7-13-15(11)16(13)17(21)20-8-10(18(22)23)6-9-4-5-9/h1-3,9-10,13,15-16H,4-8H2,(H,20,21)(H,22,23). The number of hydrogen-bond donors (Lipinski definition) is 2. The van der Waals surface area contributed by atoms with Crippen molar-refractivity contribution in [1.82, 2.24) is 5.32 Å². The molecule has 1 aromatic rings. The Balaban J connectivity index is 1.35. The van der Waals surface area contributed by atoms with Crippen LogP contribution in [0.5, 0.6) is 0 Å². The molecule has 0 radical (unpaired) electrons. The molecule has 122 valence electrons. The Morgan fingerprint density at radius 2 is 2.13 bits per heavy atom. The number of amides is 1. The van der Waals surface area contributed by atoms with E-state index < -0.39 is 11.9 Å². The molecule has 3 aliphatic rings. The third-order valence-electron chi connectivity index (χ3n) is 5.61. The quantitative estimate of drug-likeness (QED) is 0.841. The molecule has 2 N–H and O–H groups in total. The summed E-state index contributed by atoms with van der Waals surface area (Å²) >= 11 is 6.21. The van der Waals surface area contributed by atoms with Crippen molar-refractivity contribution in [1.29, 1.82) is 0 Å². The molecule has 3 aliphatic carbocycles. The van der Waals surface area contributed by atoms with Gasteiger partial charge in [-0.2, -0.15) is 0 Å². The van der Waals surface area contributed by atoms with Gasteiger partial charge < -0.3 is 10.4 Å². The van der Waals surface area contributed by atoms with E-state index in [4.69, 9.17) is 11.6 Å². The summed E-state index contributed by atoms with van der Waals surface area (Å²) in [6, 6.07) is 5.90. The van der Waals surface area contributed by atoms with Gasteiger partial charge >= 0.3 is 5.97 Å². The maximum absolute atomic E-state index is 12.4. The van der Waals surface area contributed by atoms with Crippen LogP contribution in [0.25, 0.3) is 0 Å². The molecule has 2 saturated carbocycles. The highest BCUT2D eigenvalue weighted by Crippen LogP contribution is 2.62. The number of benzene rings is 1. The molecular weight excluding hydrogens is 314 g/mol. The van der Waals surface area contributed by atoms with Crippen LogP contribution in [0.4, 0.5) is 0 Å². The summed E-state index contributed by atoms with van der Waals surface area (Å²) in [5.41, 5.74) is 2.39. The van der Waals surface area contributed by atoms with Gasteiger partial charge in [-0.25, -0.2) is 0 Å². The van der Waals surface area contributed by atoms with E-state index in [0.717, 1.165) is 24.3 Å². The fraction of sp³-hybridized carbons (Fsp3) is 0.556. The van der Waals surface area contributed by atoms with Gasteiger partial charge in [-0.15, -0.1) is 0 Å². The zero-order valence-corrected chi connectivity index (χ0v) is 13.6. The van der Waals surface area contributed by atoms with Crippen molar-refractivity contribution in [3.63, 3.8) is 0 Å². The number of nitrogens with one attached hydrogen (secondary N) is 1. The second kappa shape index (κ2) is 5.52. The Kier molecular flexibility index (Phi) is 3.60. The first-order valence-corrected chi connectivity index (χ1v) is 8.72. The lowest BCUT2D eigenvalue weighted by Gasteiger charge is -2.14. The van der Waals surface area contributed by atoms with Crippen molar-refractivity contribution in [2.24, 2.45) is 23.7 Å². The number of carboxylic acids is 1. The summed E-state index contributed by atoms with van der Waals surface area (Å²) in [4.78, 5) is 23.7. The van der Waals surface area contributed by atoms with Gasteiger partial charge in [0.15, 0.2) is 0 Å². The van der Waals surface area contributed by atoms with E-state index >= 15 is 0 Å². The van der Waals surface area contributed by atoms with Gasteiger partial charge in [-0.1, -0.05) is 36.6 Å². The summed E-state index contributed by atoms with van der Waals surface area (Å²) in [7, 11) is 0. The Hall–Kier alpha value is -1.55. The van der Waals surface area contributed by atoms with Crippen LogP contribution < -0.4 is 5.32 Å². The normalized spacial score (nSPS) is 28.7. The van der Waals surface area contributed by atoms with Crippen LogP contribution in [0.3, 0.4) is 0 Å². The molecule has 0 spiro atoms. The van der Waals surface area contributed by atoms with Gasteiger partial charge in [0, 0.05) is 23.4 Å².